The van der Waals surface area contributed by atoms with Crippen molar-refractivity contribution in [2.24, 2.45) is 0 Å². The second-order valence-corrected chi connectivity index (χ2v) is 4.97. The molecule has 18 heavy (non-hydrogen) atoms. The van der Waals surface area contributed by atoms with Crippen molar-refractivity contribution in [1.29, 1.82) is 0 Å². The maximum atomic E-state index is 13.2. The summed E-state index contributed by atoms with van der Waals surface area (Å²) in [4.78, 5) is 18.8. The van der Waals surface area contributed by atoms with Crippen LogP contribution >= 0.6 is 0 Å². The molecule has 1 fully saturated rings. The lowest BCUT2D eigenvalue weighted by Gasteiger charge is -2.17. The molecule has 0 amide bonds. The Morgan fingerprint density at radius 1 is 1.44 bits per heavy atom. The smallest absolute Gasteiger partial charge is 0.256 e. The summed E-state index contributed by atoms with van der Waals surface area (Å²) in [7, 11) is 0. The van der Waals surface area contributed by atoms with Crippen LogP contribution in [0.3, 0.4) is 0 Å². The Labute approximate surface area is 102 Å². The fourth-order valence-electron chi connectivity index (χ4n) is 2.64. The Kier molecular flexibility index (Phi) is 2.69. The number of alkyl halides is 2. The minimum absolute atomic E-state index is 0.123. The maximum absolute atomic E-state index is 13.2. The van der Waals surface area contributed by atoms with Gasteiger partial charge >= 0.3 is 0 Å². The maximum Gasteiger partial charge on any atom is 0.256 e. The van der Waals surface area contributed by atoms with Crippen LogP contribution in [0.4, 0.5) is 8.78 Å². The molecule has 2 aliphatic rings. The van der Waals surface area contributed by atoms with E-state index in [2.05, 4.69) is 9.97 Å². The Bertz CT molecular complexity index is 527. The Balaban J connectivity index is 1.94. The molecular formula is C12H14F2N2O2. The van der Waals surface area contributed by atoms with Crippen molar-refractivity contribution in [2.75, 3.05) is 6.61 Å². The first-order valence-corrected chi connectivity index (χ1v) is 6.13. The van der Waals surface area contributed by atoms with E-state index in [4.69, 9.17) is 4.74 Å². The van der Waals surface area contributed by atoms with Gasteiger partial charge in [0.15, 0.2) is 0 Å². The van der Waals surface area contributed by atoms with Crippen molar-refractivity contribution in [3.8, 4) is 0 Å². The van der Waals surface area contributed by atoms with E-state index in [1.165, 1.54) is 0 Å². The number of hydrogen-bond acceptors (Lipinski definition) is 3. The highest BCUT2D eigenvalue weighted by Crippen LogP contribution is 2.43. The highest BCUT2D eigenvalue weighted by atomic mass is 19.3. The van der Waals surface area contributed by atoms with E-state index in [0.29, 0.717) is 36.5 Å². The molecule has 1 aromatic heterocycles. The highest BCUT2D eigenvalue weighted by Gasteiger charge is 2.41. The molecule has 1 N–H and O–H groups in total. The summed E-state index contributed by atoms with van der Waals surface area (Å²) in [6.07, 6.45) is 0.618. The second-order valence-electron chi connectivity index (χ2n) is 4.97. The van der Waals surface area contributed by atoms with Crippen LogP contribution in [0.15, 0.2) is 4.79 Å². The van der Waals surface area contributed by atoms with Crippen LogP contribution in [-0.4, -0.2) is 22.5 Å². The molecule has 0 saturated heterocycles. The van der Waals surface area contributed by atoms with Crippen molar-refractivity contribution in [2.45, 2.75) is 44.1 Å². The topological polar surface area (TPSA) is 55.0 Å². The van der Waals surface area contributed by atoms with Gasteiger partial charge in [-0.15, -0.1) is 0 Å². The molecule has 0 bridgehead atoms. The molecule has 1 saturated carbocycles. The number of aromatic nitrogens is 2. The van der Waals surface area contributed by atoms with Gasteiger partial charge in [0, 0.05) is 25.2 Å². The standard InChI is InChI=1S/C12H14F2N2O2/c13-12(14)3-1-7(5-12)10-15-9-2-4-18-6-8(9)11(17)16-10/h7H,1-6H2,(H,15,16,17). The number of fused-ring (bicyclic) bond motifs is 1. The first kappa shape index (κ1) is 11.8. The van der Waals surface area contributed by atoms with Crippen molar-refractivity contribution >= 4 is 0 Å². The van der Waals surface area contributed by atoms with Crippen LogP contribution in [-0.2, 0) is 17.8 Å². The van der Waals surface area contributed by atoms with E-state index in [-0.39, 0.29) is 30.9 Å². The summed E-state index contributed by atoms with van der Waals surface area (Å²) in [6, 6.07) is 0. The molecule has 0 radical (unpaired) electrons. The van der Waals surface area contributed by atoms with E-state index < -0.39 is 5.92 Å². The minimum Gasteiger partial charge on any atom is -0.376 e. The summed E-state index contributed by atoms with van der Waals surface area (Å²) < 4.78 is 31.6. The first-order chi connectivity index (χ1) is 8.55. The molecule has 0 aromatic carbocycles. The Morgan fingerprint density at radius 3 is 3.00 bits per heavy atom. The van der Waals surface area contributed by atoms with Gasteiger partial charge in [0.1, 0.15) is 5.82 Å². The summed E-state index contributed by atoms with van der Waals surface area (Å²) in [5, 5.41) is 0. The van der Waals surface area contributed by atoms with Crippen LogP contribution in [0, 0.1) is 0 Å². The average molecular weight is 256 g/mol. The second kappa shape index (κ2) is 4.12. The predicted molar refractivity (Wildman–Crippen MR) is 59.8 cm³/mol. The lowest BCUT2D eigenvalue weighted by molar-refractivity contribution is 0.00750. The lowest BCUT2D eigenvalue weighted by atomic mass is 10.1. The van der Waals surface area contributed by atoms with Crippen LogP contribution < -0.4 is 5.56 Å². The molecule has 6 heteroatoms. The van der Waals surface area contributed by atoms with E-state index >= 15 is 0 Å². The van der Waals surface area contributed by atoms with Gasteiger partial charge < -0.3 is 9.72 Å². The molecule has 0 spiro atoms. The van der Waals surface area contributed by atoms with Gasteiger partial charge in [-0.3, -0.25) is 4.79 Å². The number of nitrogens with one attached hydrogen (secondary N) is 1. The summed E-state index contributed by atoms with van der Waals surface area (Å²) in [5.41, 5.74) is 0.995. The molecule has 1 aliphatic carbocycles. The fourth-order valence-corrected chi connectivity index (χ4v) is 2.64. The number of H-pyrrole nitrogens is 1. The van der Waals surface area contributed by atoms with Gasteiger partial charge in [0.05, 0.1) is 24.5 Å². The molecule has 3 rings (SSSR count). The predicted octanol–water partition coefficient (Wildman–Crippen LogP) is 1.75. The van der Waals surface area contributed by atoms with E-state index in [1.807, 2.05) is 0 Å². The van der Waals surface area contributed by atoms with Crippen LogP contribution in [0.1, 0.15) is 42.3 Å². The van der Waals surface area contributed by atoms with Crippen molar-refractivity contribution in [1.82, 2.24) is 9.97 Å². The molecule has 98 valence electrons. The molecule has 1 atom stereocenters. The van der Waals surface area contributed by atoms with Gasteiger partial charge in [-0.2, -0.15) is 0 Å². The zero-order valence-electron chi connectivity index (χ0n) is 9.84. The first-order valence-electron chi connectivity index (χ1n) is 6.13. The third-order valence-electron chi connectivity index (χ3n) is 3.64. The minimum atomic E-state index is -2.62. The van der Waals surface area contributed by atoms with E-state index in [0.717, 1.165) is 0 Å². The average Bonchev–Trinajstić information content (AvgIpc) is 2.70. The van der Waals surface area contributed by atoms with Crippen molar-refractivity contribution in [3.05, 3.63) is 27.4 Å². The molecular weight excluding hydrogens is 242 g/mol. The van der Waals surface area contributed by atoms with E-state index in [1.54, 1.807) is 0 Å². The monoisotopic (exact) mass is 256 g/mol. The van der Waals surface area contributed by atoms with Crippen LogP contribution in [0.5, 0.6) is 0 Å². The normalized spacial score (nSPS) is 26.0. The quantitative estimate of drug-likeness (QED) is 0.832. The van der Waals surface area contributed by atoms with Crippen molar-refractivity contribution < 1.29 is 13.5 Å². The third-order valence-corrected chi connectivity index (χ3v) is 3.64. The number of rotatable bonds is 1. The Morgan fingerprint density at radius 2 is 2.28 bits per heavy atom. The third kappa shape index (κ3) is 2.05. The number of halogens is 2. The molecule has 1 aromatic rings. The molecule has 1 unspecified atom stereocenters. The van der Waals surface area contributed by atoms with Gasteiger partial charge in [-0.1, -0.05) is 0 Å². The van der Waals surface area contributed by atoms with Gasteiger partial charge in [0.2, 0.25) is 5.92 Å². The van der Waals surface area contributed by atoms with Crippen molar-refractivity contribution in [3.63, 3.8) is 0 Å². The van der Waals surface area contributed by atoms with Gasteiger partial charge in [-0.25, -0.2) is 13.8 Å². The Hall–Kier alpha value is -1.30. The number of aromatic amines is 1. The van der Waals surface area contributed by atoms with Crippen LogP contribution in [0.25, 0.3) is 0 Å². The van der Waals surface area contributed by atoms with Gasteiger partial charge in [0.25, 0.3) is 5.56 Å². The summed E-state index contributed by atoms with van der Waals surface area (Å²) in [6.45, 7) is 0.794. The SMILES string of the molecule is O=c1[nH]c(C2CCC(F)(F)C2)nc2c1COCC2. The number of hydrogen-bond donors (Lipinski definition) is 1. The van der Waals surface area contributed by atoms with Crippen LogP contribution in [0.2, 0.25) is 0 Å². The molecule has 2 heterocycles. The highest BCUT2D eigenvalue weighted by molar-refractivity contribution is 5.20. The zero-order chi connectivity index (χ0) is 12.8. The fraction of sp³-hybridized carbons (Fsp3) is 0.667. The number of ether oxygens (including phenoxy) is 1. The molecule has 1 aliphatic heterocycles. The number of nitrogens with zero attached hydrogens (tertiary/aromatic N) is 1. The zero-order valence-corrected chi connectivity index (χ0v) is 9.84. The summed E-state index contributed by atoms with van der Waals surface area (Å²) >= 11 is 0. The molecule has 4 nitrogen and oxygen atoms in total. The largest absolute Gasteiger partial charge is 0.376 e. The van der Waals surface area contributed by atoms with E-state index in [9.17, 15) is 13.6 Å². The summed E-state index contributed by atoms with van der Waals surface area (Å²) in [5.74, 6) is -2.54. The van der Waals surface area contributed by atoms with Gasteiger partial charge in [-0.05, 0) is 6.42 Å². The lowest BCUT2D eigenvalue weighted by Crippen LogP contribution is -2.26.